The second-order valence-electron chi connectivity index (χ2n) is 5.81. The molecule has 0 aliphatic carbocycles. The third-order valence-electron chi connectivity index (χ3n) is 4.18. The Hall–Kier alpha value is -2.88. The summed E-state index contributed by atoms with van der Waals surface area (Å²) in [5, 5.41) is 7.35. The summed E-state index contributed by atoms with van der Waals surface area (Å²) in [5.41, 5.74) is 9.94. The van der Waals surface area contributed by atoms with Crippen LogP contribution in [0.1, 0.15) is 36.2 Å². The molecule has 4 heteroatoms. The van der Waals surface area contributed by atoms with Crippen LogP contribution in [0.3, 0.4) is 0 Å². The Labute approximate surface area is 149 Å². The summed E-state index contributed by atoms with van der Waals surface area (Å²) in [6, 6.07) is 15.6. The van der Waals surface area contributed by atoms with Crippen LogP contribution in [0.25, 0.3) is 16.7 Å². The molecule has 1 amide bonds. The predicted molar refractivity (Wildman–Crippen MR) is 105 cm³/mol. The fourth-order valence-electron chi connectivity index (χ4n) is 2.74. The maximum absolute atomic E-state index is 12.5. The van der Waals surface area contributed by atoms with Crippen LogP contribution >= 0.6 is 0 Å². The van der Waals surface area contributed by atoms with Gasteiger partial charge in [-0.3, -0.25) is 4.79 Å². The third kappa shape index (κ3) is 4.35. The summed E-state index contributed by atoms with van der Waals surface area (Å²) in [7, 11) is 0. The van der Waals surface area contributed by atoms with Gasteiger partial charge in [-0.1, -0.05) is 43.3 Å². The highest BCUT2D eigenvalue weighted by atomic mass is 16.2. The van der Waals surface area contributed by atoms with E-state index in [2.05, 4.69) is 6.92 Å². The molecular formula is C21H25N3O. The molecule has 2 rings (SSSR count). The molecular weight excluding hydrogens is 310 g/mol. The molecule has 25 heavy (non-hydrogen) atoms. The fourth-order valence-corrected chi connectivity index (χ4v) is 2.74. The predicted octanol–water partition coefficient (Wildman–Crippen LogP) is 4.17. The summed E-state index contributed by atoms with van der Waals surface area (Å²) >= 11 is 0. The zero-order valence-electron chi connectivity index (χ0n) is 14.8. The molecule has 4 nitrogen and oxygen atoms in total. The lowest BCUT2D eigenvalue weighted by Crippen LogP contribution is -2.31. The molecule has 0 saturated carbocycles. The highest BCUT2D eigenvalue weighted by molar-refractivity contribution is 6.08. The van der Waals surface area contributed by atoms with E-state index >= 15 is 0 Å². The third-order valence-corrected chi connectivity index (χ3v) is 4.18. The molecule has 3 N–H and O–H groups in total. The number of hydrogen-bond acceptors (Lipinski definition) is 3. The van der Waals surface area contributed by atoms with Crippen LogP contribution in [0.5, 0.6) is 0 Å². The van der Waals surface area contributed by atoms with Gasteiger partial charge in [0.15, 0.2) is 0 Å². The minimum atomic E-state index is 0.0787. The number of carbonyl (C=O) groups excluding carboxylic acids is 1. The van der Waals surface area contributed by atoms with Crippen LogP contribution < -0.4 is 5.73 Å². The van der Waals surface area contributed by atoms with Gasteiger partial charge in [0.25, 0.3) is 5.91 Å². The van der Waals surface area contributed by atoms with E-state index in [-0.39, 0.29) is 5.91 Å². The van der Waals surface area contributed by atoms with E-state index in [0.717, 1.165) is 36.2 Å². The molecule has 0 saturated heterocycles. The quantitative estimate of drug-likeness (QED) is 0.745. The van der Waals surface area contributed by atoms with E-state index in [9.17, 15) is 4.79 Å². The van der Waals surface area contributed by atoms with Crippen molar-refractivity contribution in [1.82, 2.24) is 4.90 Å². The number of benzene rings is 2. The fraction of sp³-hybridized carbons (Fsp3) is 0.238. The number of amides is 1. The smallest absolute Gasteiger partial charge is 0.253 e. The summed E-state index contributed by atoms with van der Waals surface area (Å²) < 4.78 is 0. The topological polar surface area (TPSA) is 70.2 Å². The van der Waals surface area contributed by atoms with E-state index in [0.29, 0.717) is 11.1 Å². The van der Waals surface area contributed by atoms with Crippen LogP contribution in [0.2, 0.25) is 0 Å². The van der Waals surface area contributed by atoms with Gasteiger partial charge in [0.05, 0.1) is 0 Å². The Balaban J connectivity index is 2.19. The lowest BCUT2D eigenvalue weighted by molar-refractivity contribution is 0.0764. The molecule has 0 unspecified atom stereocenters. The minimum absolute atomic E-state index is 0.0787. The first-order valence-electron chi connectivity index (χ1n) is 8.57. The number of carbonyl (C=O) groups is 1. The SMILES string of the molecule is CCCN(CC)C(=O)c1ccc(-c2ccc(/C(C=N)=C/N)cc2)cc1. The van der Waals surface area contributed by atoms with E-state index < -0.39 is 0 Å². The average Bonchev–Trinajstić information content (AvgIpc) is 2.67. The number of nitrogens with one attached hydrogen (secondary N) is 1. The molecule has 0 heterocycles. The normalized spacial score (nSPS) is 11.2. The van der Waals surface area contributed by atoms with E-state index in [4.69, 9.17) is 11.1 Å². The van der Waals surface area contributed by atoms with Crippen molar-refractivity contribution in [3.8, 4) is 11.1 Å². The maximum atomic E-state index is 12.5. The molecule has 0 aliphatic rings. The van der Waals surface area contributed by atoms with Crippen LogP contribution in [0.15, 0.2) is 54.7 Å². The van der Waals surface area contributed by atoms with Gasteiger partial charge in [-0.2, -0.15) is 0 Å². The standard InChI is InChI=1S/C21H25N3O/c1-3-13-24(4-2)21(25)19-11-9-17(10-12-19)16-5-7-18(8-6-16)20(14-22)15-23/h5-12,14-15,22H,3-4,13,23H2,1-2H3/b20-15+,22-14?. The lowest BCUT2D eigenvalue weighted by Gasteiger charge is -2.20. The molecule has 0 aliphatic heterocycles. The summed E-state index contributed by atoms with van der Waals surface area (Å²) in [4.78, 5) is 14.3. The average molecular weight is 335 g/mol. The van der Waals surface area contributed by atoms with Crippen LogP contribution in [0, 0.1) is 5.41 Å². The zero-order valence-corrected chi connectivity index (χ0v) is 14.8. The van der Waals surface area contributed by atoms with Crippen molar-refractivity contribution in [3.63, 3.8) is 0 Å². The first-order chi connectivity index (χ1) is 12.1. The first-order valence-corrected chi connectivity index (χ1v) is 8.57. The van der Waals surface area contributed by atoms with Gasteiger partial charge in [0.2, 0.25) is 0 Å². The minimum Gasteiger partial charge on any atom is -0.404 e. The van der Waals surface area contributed by atoms with Crippen molar-refractivity contribution in [2.75, 3.05) is 13.1 Å². The lowest BCUT2D eigenvalue weighted by atomic mass is 10.00. The molecule has 0 radical (unpaired) electrons. The largest absolute Gasteiger partial charge is 0.404 e. The molecule has 0 bridgehead atoms. The Bertz CT molecular complexity index is 746. The molecule has 0 atom stereocenters. The van der Waals surface area contributed by atoms with Gasteiger partial charge in [-0.15, -0.1) is 0 Å². The van der Waals surface area contributed by atoms with Gasteiger partial charge in [0.1, 0.15) is 0 Å². The number of nitrogens with two attached hydrogens (primary N) is 1. The van der Waals surface area contributed by atoms with Crippen LogP contribution in [-0.4, -0.2) is 30.1 Å². The Morgan fingerprint density at radius 1 is 1.00 bits per heavy atom. The van der Waals surface area contributed by atoms with Gasteiger partial charge in [0, 0.05) is 36.6 Å². The van der Waals surface area contributed by atoms with Crippen molar-refractivity contribution < 1.29 is 4.79 Å². The second kappa shape index (κ2) is 8.83. The summed E-state index contributed by atoms with van der Waals surface area (Å²) in [6.45, 7) is 5.58. The highest BCUT2D eigenvalue weighted by Gasteiger charge is 2.13. The van der Waals surface area contributed by atoms with Crippen molar-refractivity contribution >= 4 is 17.7 Å². The van der Waals surface area contributed by atoms with E-state index in [1.807, 2.05) is 60.4 Å². The Morgan fingerprint density at radius 3 is 1.92 bits per heavy atom. The molecule has 130 valence electrons. The first kappa shape index (κ1) is 18.5. The van der Waals surface area contributed by atoms with Crippen LogP contribution in [-0.2, 0) is 0 Å². The maximum Gasteiger partial charge on any atom is 0.253 e. The molecule has 0 aromatic heterocycles. The molecule has 0 spiro atoms. The van der Waals surface area contributed by atoms with Gasteiger partial charge >= 0.3 is 0 Å². The van der Waals surface area contributed by atoms with Crippen molar-refractivity contribution in [3.05, 3.63) is 65.9 Å². The molecule has 2 aromatic carbocycles. The number of allylic oxidation sites excluding steroid dienone is 1. The molecule has 2 aromatic rings. The van der Waals surface area contributed by atoms with Crippen molar-refractivity contribution in [1.29, 1.82) is 5.41 Å². The van der Waals surface area contributed by atoms with Crippen molar-refractivity contribution in [2.24, 2.45) is 5.73 Å². The van der Waals surface area contributed by atoms with Crippen LogP contribution in [0.4, 0.5) is 0 Å². The highest BCUT2D eigenvalue weighted by Crippen LogP contribution is 2.22. The van der Waals surface area contributed by atoms with Gasteiger partial charge < -0.3 is 16.0 Å². The molecule has 0 fully saturated rings. The van der Waals surface area contributed by atoms with E-state index in [1.165, 1.54) is 12.4 Å². The second-order valence-corrected chi connectivity index (χ2v) is 5.81. The number of nitrogens with zero attached hydrogens (tertiary/aromatic N) is 1. The summed E-state index contributed by atoms with van der Waals surface area (Å²) in [5.74, 6) is 0.0787. The number of hydrogen-bond donors (Lipinski definition) is 2. The number of rotatable bonds is 7. The Morgan fingerprint density at radius 2 is 1.52 bits per heavy atom. The van der Waals surface area contributed by atoms with E-state index in [1.54, 1.807) is 0 Å². The van der Waals surface area contributed by atoms with Gasteiger partial charge in [-0.05, 0) is 42.2 Å². The Kier molecular flexibility index (Phi) is 6.52. The summed E-state index contributed by atoms with van der Waals surface area (Å²) in [6.07, 6.45) is 3.63. The van der Waals surface area contributed by atoms with Gasteiger partial charge in [-0.25, -0.2) is 0 Å². The monoisotopic (exact) mass is 335 g/mol. The zero-order chi connectivity index (χ0) is 18.2. The van der Waals surface area contributed by atoms with Crippen molar-refractivity contribution in [2.45, 2.75) is 20.3 Å².